The highest BCUT2D eigenvalue weighted by Gasteiger charge is 2.50. The molecule has 2 aliphatic heterocycles. The molecule has 9 N–H and O–H groups in total. The summed E-state index contributed by atoms with van der Waals surface area (Å²) in [4.78, 5) is 24.0. The Bertz CT molecular complexity index is 934. The van der Waals surface area contributed by atoms with E-state index in [0.717, 1.165) is 19.3 Å². The van der Waals surface area contributed by atoms with Crippen LogP contribution in [-0.2, 0) is 28.5 Å². The lowest BCUT2D eigenvalue weighted by Gasteiger charge is -2.46. The van der Waals surface area contributed by atoms with E-state index in [2.05, 4.69) is 17.6 Å². The van der Waals surface area contributed by atoms with Crippen LogP contribution in [0.2, 0.25) is 0 Å². The molecule has 0 aliphatic carbocycles. The van der Waals surface area contributed by atoms with E-state index in [9.17, 15) is 45.3 Å². The molecule has 0 radical (unpaired) electrons. The molecular formula is C36H68N2O13. The van der Waals surface area contributed by atoms with Gasteiger partial charge in [-0.25, -0.2) is 0 Å². The van der Waals surface area contributed by atoms with Crippen molar-refractivity contribution in [3.63, 3.8) is 0 Å². The van der Waals surface area contributed by atoms with Crippen LogP contribution in [0.1, 0.15) is 123 Å². The third-order valence-corrected chi connectivity index (χ3v) is 9.64. The van der Waals surface area contributed by atoms with Gasteiger partial charge in [-0.3, -0.25) is 9.59 Å². The lowest BCUT2D eigenvalue weighted by molar-refractivity contribution is -0.342. The van der Waals surface area contributed by atoms with Crippen LogP contribution in [0.3, 0.4) is 0 Å². The molecule has 2 rings (SSSR count). The van der Waals surface area contributed by atoms with Gasteiger partial charge in [-0.05, 0) is 6.42 Å². The van der Waals surface area contributed by atoms with Crippen LogP contribution in [0.25, 0.3) is 0 Å². The summed E-state index contributed by atoms with van der Waals surface area (Å²) in [5.41, 5.74) is 0. The number of carbonyl (C=O) groups excluding carboxylic acids is 2. The minimum Gasteiger partial charge on any atom is -0.394 e. The van der Waals surface area contributed by atoms with E-state index < -0.39 is 86.6 Å². The Morgan fingerprint density at radius 1 is 0.824 bits per heavy atom. The summed E-state index contributed by atoms with van der Waals surface area (Å²) in [7, 11) is 0. The number of amides is 2. The van der Waals surface area contributed by atoms with Crippen molar-refractivity contribution < 1.29 is 64.3 Å². The summed E-state index contributed by atoms with van der Waals surface area (Å²) < 4.78 is 22.7. The number of carbonyl (C=O) groups is 2. The number of aliphatic hydroxyl groups is 7. The van der Waals surface area contributed by atoms with Gasteiger partial charge in [0.25, 0.3) is 0 Å². The minimum absolute atomic E-state index is 0.0440. The monoisotopic (exact) mass is 736 g/mol. The van der Waals surface area contributed by atoms with Crippen molar-refractivity contribution >= 4 is 11.8 Å². The van der Waals surface area contributed by atoms with Gasteiger partial charge in [0.05, 0.1) is 32.0 Å². The molecule has 0 aromatic carbocycles. The summed E-state index contributed by atoms with van der Waals surface area (Å²) in [6.07, 6.45) is 4.12. The maximum atomic E-state index is 12.3. The second-order valence-corrected chi connectivity index (χ2v) is 14.0. The Kier molecular flexibility index (Phi) is 23.5. The molecule has 2 saturated heterocycles. The largest absolute Gasteiger partial charge is 0.394 e. The number of unbranched alkanes of at least 4 members (excludes halogenated alkanes) is 14. The lowest BCUT2D eigenvalue weighted by atomic mass is 9.92. The molecule has 15 heteroatoms. The number of hydrogen-bond acceptors (Lipinski definition) is 13. The van der Waals surface area contributed by atoms with Crippen molar-refractivity contribution in [1.29, 1.82) is 0 Å². The highest BCUT2D eigenvalue weighted by atomic mass is 16.7. The topological polar surface area (TPSA) is 237 Å². The molecule has 2 aliphatic rings. The zero-order valence-electron chi connectivity index (χ0n) is 30.8. The fourth-order valence-corrected chi connectivity index (χ4v) is 6.64. The molecule has 0 saturated carbocycles. The summed E-state index contributed by atoms with van der Waals surface area (Å²) in [5, 5.41) is 77.4. The van der Waals surface area contributed by atoms with Crippen molar-refractivity contribution in [3.8, 4) is 0 Å². The zero-order valence-corrected chi connectivity index (χ0v) is 30.8. The van der Waals surface area contributed by atoms with E-state index >= 15 is 0 Å². The second kappa shape index (κ2) is 26.3. The van der Waals surface area contributed by atoms with Crippen molar-refractivity contribution in [3.05, 3.63) is 0 Å². The summed E-state index contributed by atoms with van der Waals surface area (Å²) in [6.45, 7) is 2.05. The van der Waals surface area contributed by atoms with Crippen LogP contribution >= 0.6 is 0 Å². The molecule has 0 aromatic heterocycles. The molecular weight excluding hydrogens is 668 g/mol. The van der Waals surface area contributed by atoms with Crippen LogP contribution in [0.4, 0.5) is 0 Å². The van der Waals surface area contributed by atoms with Crippen molar-refractivity contribution in [2.24, 2.45) is 0 Å². The van der Waals surface area contributed by atoms with E-state index in [1.807, 2.05) is 0 Å². The Balaban J connectivity index is 1.69. The van der Waals surface area contributed by atoms with Gasteiger partial charge in [0.1, 0.15) is 42.7 Å². The number of ether oxygens (including phenoxy) is 4. The van der Waals surface area contributed by atoms with E-state index in [1.165, 1.54) is 84.0 Å². The third kappa shape index (κ3) is 17.0. The molecule has 0 aromatic rings. The molecule has 15 nitrogen and oxygen atoms in total. The third-order valence-electron chi connectivity index (χ3n) is 9.64. The maximum absolute atomic E-state index is 12.3. The fourth-order valence-electron chi connectivity index (χ4n) is 6.64. The fraction of sp³-hybridized carbons (Fsp3) is 0.944. The molecule has 11 unspecified atom stereocenters. The normalized spacial score (nSPS) is 29.4. The average Bonchev–Trinajstić information content (AvgIpc) is 3.11. The van der Waals surface area contributed by atoms with E-state index in [0.29, 0.717) is 6.42 Å². The average molecular weight is 737 g/mol. The first-order valence-corrected chi connectivity index (χ1v) is 19.3. The predicted octanol–water partition coefficient (Wildman–Crippen LogP) is 0.900. The highest BCUT2D eigenvalue weighted by Crippen LogP contribution is 2.30. The van der Waals surface area contributed by atoms with Gasteiger partial charge < -0.3 is 65.3 Å². The van der Waals surface area contributed by atoms with Crippen LogP contribution in [0, 0.1) is 0 Å². The summed E-state index contributed by atoms with van der Waals surface area (Å²) in [5.74, 6) is -0.656. The van der Waals surface area contributed by atoms with E-state index in [1.54, 1.807) is 0 Å². The summed E-state index contributed by atoms with van der Waals surface area (Å²) >= 11 is 0. The highest BCUT2D eigenvalue weighted by molar-refractivity contribution is 5.75. The Labute approximate surface area is 303 Å². The first-order valence-electron chi connectivity index (χ1n) is 19.3. The molecule has 300 valence electrons. The second-order valence-electron chi connectivity index (χ2n) is 14.0. The van der Waals surface area contributed by atoms with Gasteiger partial charge in [0.2, 0.25) is 11.8 Å². The number of rotatable bonds is 27. The van der Waals surface area contributed by atoms with Gasteiger partial charge in [0.15, 0.2) is 12.6 Å². The van der Waals surface area contributed by atoms with Crippen LogP contribution < -0.4 is 10.6 Å². The molecule has 2 heterocycles. The molecule has 0 bridgehead atoms. The zero-order chi connectivity index (χ0) is 37.6. The first kappa shape index (κ1) is 45.7. The number of hydrogen-bond donors (Lipinski definition) is 9. The van der Waals surface area contributed by atoms with E-state index in [4.69, 9.17) is 18.9 Å². The van der Waals surface area contributed by atoms with Crippen LogP contribution in [-0.4, -0.2) is 141 Å². The first-order chi connectivity index (χ1) is 24.5. The van der Waals surface area contributed by atoms with E-state index in [-0.39, 0.29) is 25.5 Å². The van der Waals surface area contributed by atoms with Gasteiger partial charge in [-0.2, -0.15) is 0 Å². The standard InChI is InChI=1S/C36H68N2O13/c1-3-4-5-6-7-8-9-10-11-12-13-14-15-16-17-18-28(44)37-19-20-48-36-33(47)35(32(46)27(23-40)49-36)51-29-21-25(42)30(38-24(2)41)34(50-29)31(45)26(43)22-39/h25-27,29-36,39-40,42-43,45-47H,3-23H2,1-2H3,(H,37,44)(H,38,41). The minimum atomic E-state index is -1.74. The van der Waals surface area contributed by atoms with Crippen molar-refractivity contribution in [2.75, 3.05) is 26.4 Å². The van der Waals surface area contributed by atoms with Gasteiger partial charge in [0, 0.05) is 26.3 Å². The summed E-state index contributed by atoms with van der Waals surface area (Å²) in [6, 6.07) is -1.17. The maximum Gasteiger partial charge on any atom is 0.220 e. The van der Waals surface area contributed by atoms with Gasteiger partial charge in [-0.15, -0.1) is 0 Å². The molecule has 0 spiro atoms. The van der Waals surface area contributed by atoms with Gasteiger partial charge in [-0.1, -0.05) is 96.8 Å². The number of nitrogens with one attached hydrogen (secondary N) is 2. The van der Waals surface area contributed by atoms with Crippen LogP contribution in [0.5, 0.6) is 0 Å². The Hall–Kier alpha value is -1.50. The molecule has 2 amide bonds. The van der Waals surface area contributed by atoms with Gasteiger partial charge >= 0.3 is 0 Å². The smallest absolute Gasteiger partial charge is 0.220 e. The molecule has 51 heavy (non-hydrogen) atoms. The Morgan fingerprint density at radius 3 is 1.92 bits per heavy atom. The quantitative estimate of drug-likeness (QED) is 0.0534. The van der Waals surface area contributed by atoms with Crippen LogP contribution in [0.15, 0.2) is 0 Å². The van der Waals surface area contributed by atoms with Crippen molar-refractivity contribution in [2.45, 2.75) is 190 Å². The molecule has 2 fully saturated rings. The number of aliphatic hydroxyl groups excluding tert-OH is 7. The van der Waals surface area contributed by atoms with Crippen molar-refractivity contribution in [1.82, 2.24) is 10.6 Å². The SMILES string of the molecule is CCCCCCCCCCCCCCCCCC(=O)NCCOC1OC(CO)C(O)C(OC2CC(O)C(NC(C)=O)C(C(O)C(O)CO)O2)C1O. The Morgan fingerprint density at radius 2 is 1.39 bits per heavy atom. The predicted molar refractivity (Wildman–Crippen MR) is 187 cm³/mol. The molecule has 11 atom stereocenters. The lowest BCUT2D eigenvalue weighted by Crippen LogP contribution is -2.65.